The molecule has 1 fully saturated rings. The molecule has 0 spiro atoms. The van der Waals surface area contributed by atoms with Crippen molar-refractivity contribution in [1.29, 1.82) is 0 Å². The molecule has 1 aliphatic rings. The van der Waals surface area contributed by atoms with Crippen LogP contribution in [-0.2, 0) is 22.4 Å². The first-order valence-electron chi connectivity index (χ1n) is 16.4. The molecule has 4 nitrogen and oxygen atoms in total. The van der Waals surface area contributed by atoms with Crippen LogP contribution >= 0.6 is 0 Å². The van der Waals surface area contributed by atoms with Gasteiger partial charge in [-0.3, -0.25) is 14.4 Å². The zero-order valence-corrected chi connectivity index (χ0v) is 27.5. The molecule has 4 atom stereocenters. The molecule has 0 heterocycles. The Balaban J connectivity index is 1.52. The van der Waals surface area contributed by atoms with Crippen molar-refractivity contribution in [2.45, 2.75) is 86.5 Å². The summed E-state index contributed by atoms with van der Waals surface area (Å²) in [6, 6.07) is 24.0. The van der Waals surface area contributed by atoms with Gasteiger partial charge in [0.25, 0.3) is 0 Å². The molecule has 0 radical (unpaired) electrons. The summed E-state index contributed by atoms with van der Waals surface area (Å²) >= 11 is 0. The van der Waals surface area contributed by atoms with Crippen molar-refractivity contribution in [3.05, 3.63) is 101 Å². The van der Waals surface area contributed by atoms with Gasteiger partial charge in [-0.15, -0.1) is 0 Å². The Hall–Kier alpha value is -3.53. The highest BCUT2D eigenvalue weighted by Gasteiger charge is 2.49. The first-order chi connectivity index (χ1) is 21.0. The maximum absolute atomic E-state index is 14.4. The van der Waals surface area contributed by atoms with Gasteiger partial charge in [-0.05, 0) is 91.7 Å². The minimum absolute atomic E-state index is 0.0799. The van der Waals surface area contributed by atoms with Gasteiger partial charge in [0.15, 0.2) is 5.78 Å². The fourth-order valence-electron chi connectivity index (χ4n) is 7.11. The average molecular weight is 595 g/mol. The van der Waals surface area contributed by atoms with Crippen molar-refractivity contribution in [2.75, 3.05) is 6.61 Å². The molecule has 0 N–H and O–H groups in total. The van der Waals surface area contributed by atoms with E-state index < -0.39 is 0 Å². The maximum Gasteiger partial charge on any atom is 0.163 e. The third-order valence-corrected chi connectivity index (χ3v) is 9.94. The normalized spacial score (nSPS) is 18.9. The molecule has 3 aromatic rings. The van der Waals surface area contributed by atoms with E-state index in [4.69, 9.17) is 4.74 Å². The highest BCUT2D eigenvalue weighted by Crippen LogP contribution is 2.49. The molecular formula is C40H50O4. The smallest absolute Gasteiger partial charge is 0.163 e. The summed E-state index contributed by atoms with van der Waals surface area (Å²) < 4.78 is 5.79. The number of ether oxygens (including phenoxy) is 1. The third kappa shape index (κ3) is 8.14. The van der Waals surface area contributed by atoms with E-state index in [1.54, 1.807) is 0 Å². The van der Waals surface area contributed by atoms with Gasteiger partial charge < -0.3 is 4.74 Å². The van der Waals surface area contributed by atoms with E-state index in [2.05, 4.69) is 32.9 Å². The largest absolute Gasteiger partial charge is 0.494 e. The van der Waals surface area contributed by atoms with Crippen molar-refractivity contribution < 1.29 is 19.1 Å². The fraction of sp³-hybridized carbons (Fsp3) is 0.475. The van der Waals surface area contributed by atoms with Crippen LogP contribution in [0, 0.1) is 42.9 Å². The van der Waals surface area contributed by atoms with Crippen molar-refractivity contribution in [3.8, 4) is 5.75 Å². The lowest BCUT2D eigenvalue weighted by Crippen LogP contribution is -2.38. The lowest BCUT2D eigenvalue weighted by molar-refractivity contribution is -0.136. The summed E-state index contributed by atoms with van der Waals surface area (Å²) in [5.41, 5.74) is 4.78. The number of hydrogen-bond acceptors (Lipinski definition) is 4. The SMILES string of the molecule is CCCOc1cccc(CCC(=O)C2C(C(=O)C(C)C(CC(=O)c3cccc(C)c3C)Cc3ccccc3)CCC2(C)C)c1. The summed E-state index contributed by atoms with van der Waals surface area (Å²) in [7, 11) is 0. The standard InChI is InChI=1S/C40H50O4/c1-7-23-44-33-17-12-16-31(25-33)19-20-36(41)38-35(21-22-40(38,5)6)39(43)29(4)32(24-30-14-9-8-10-15-30)26-37(42)34-18-11-13-27(2)28(34)3/h8-18,25,29,32,35,38H,7,19-24,26H2,1-6H3. The Morgan fingerprint density at radius 3 is 2.36 bits per heavy atom. The zero-order chi connectivity index (χ0) is 31.9. The molecule has 0 saturated heterocycles. The molecule has 0 amide bonds. The minimum Gasteiger partial charge on any atom is -0.494 e. The summed E-state index contributed by atoms with van der Waals surface area (Å²) in [5, 5.41) is 0. The number of aryl methyl sites for hydroxylation is 2. The summed E-state index contributed by atoms with van der Waals surface area (Å²) in [6.07, 6.45) is 4.49. The number of Topliss-reactive ketones (excluding diaryl/α,β-unsaturated/α-hetero) is 3. The van der Waals surface area contributed by atoms with E-state index >= 15 is 0 Å². The third-order valence-electron chi connectivity index (χ3n) is 9.94. The van der Waals surface area contributed by atoms with Crippen LogP contribution in [0.1, 0.15) is 92.4 Å². The first-order valence-corrected chi connectivity index (χ1v) is 16.4. The number of rotatable bonds is 15. The van der Waals surface area contributed by atoms with Crippen LogP contribution in [0.4, 0.5) is 0 Å². The van der Waals surface area contributed by atoms with E-state index in [1.165, 1.54) is 0 Å². The van der Waals surface area contributed by atoms with Crippen LogP contribution in [0.15, 0.2) is 72.8 Å². The number of carbonyl (C=O) groups excluding carboxylic acids is 3. The molecule has 1 saturated carbocycles. The van der Waals surface area contributed by atoms with E-state index in [1.807, 2.05) is 81.4 Å². The Labute approximate surface area is 264 Å². The van der Waals surface area contributed by atoms with Crippen LogP contribution in [0.2, 0.25) is 0 Å². The highest BCUT2D eigenvalue weighted by molar-refractivity contribution is 5.98. The number of carbonyl (C=O) groups is 3. The van der Waals surface area contributed by atoms with E-state index in [9.17, 15) is 14.4 Å². The van der Waals surface area contributed by atoms with E-state index in [-0.39, 0.29) is 46.4 Å². The van der Waals surface area contributed by atoms with E-state index in [0.717, 1.165) is 52.8 Å². The molecule has 44 heavy (non-hydrogen) atoms. The van der Waals surface area contributed by atoms with Crippen molar-refractivity contribution in [3.63, 3.8) is 0 Å². The predicted molar refractivity (Wildman–Crippen MR) is 178 cm³/mol. The Kier molecular flexibility index (Phi) is 11.4. The van der Waals surface area contributed by atoms with Crippen LogP contribution in [-0.4, -0.2) is 24.0 Å². The van der Waals surface area contributed by atoms with Crippen LogP contribution in [0.25, 0.3) is 0 Å². The number of benzene rings is 3. The quantitative estimate of drug-likeness (QED) is 0.165. The molecule has 4 unspecified atom stereocenters. The second kappa shape index (κ2) is 15.0. The minimum atomic E-state index is -0.342. The van der Waals surface area contributed by atoms with Gasteiger partial charge in [0.2, 0.25) is 0 Å². The Morgan fingerprint density at radius 2 is 1.64 bits per heavy atom. The molecule has 1 aliphatic carbocycles. The number of hydrogen-bond donors (Lipinski definition) is 0. The number of ketones is 3. The van der Waals surface area contributed by atoms with Crippen molar-refractivity contribution in [1.82, 2.24) is 0 Å². The molecule has 4 heteroatoms. The van der Waals surface area contributed by atoms with Crippen molar-refractivity contribution in [2.24, 2.45) is 29.1 Å². The van der Waals surface area contributed by atoms with Gasteiger partial charge in [-0.25, -0.2) is 0 Å². The lowest BCUT2D eigenvalue weighted by atomic mass is 9.70. The lowest BCUT2D eigenvalue weighted by Gasteiger charge is -2.32. The fourth-order valence-corrected chi connectivity index (χ4v) is 7.11. The second-order valence-corrected chi connectivity index (χ2v) is 13.6. The van der Waals surface area contributed by atoms with Gasteiger partial charge in [-0.2, -0.15) is 0 Å². The maximum atomic E-state index is 14.4. The van der Waals surface area contributed by atoms with Gasteiger partial charge in [0, 0.05) is 36.2 Å². The molecular weight excluding hydrogens is 544 g/mol. The van der Waals surface area contributed by atoms with E-state index in [0.29, 0.717) is 32.3 Å². The Morgan fingerprint density at radius 1 is 0.932 bits per heavy atom. The first kappa shape index (κ1) is 33.4. The molecule has 0 aromatic heterocycles. The highest BCUT2D eigenvalue weighted by atomic mass is 16.5. The monoisotopic (exact) mass is 594 g/mol. The average Bonchev–Trinajstić information content (AvgIpc) is 3.34. The summed E-state index contributed by atoms with van der Waals surface area (Å²) in [5.74, 6) is 0.0944. The zero-order valence-electron chi connectivity index (χ0n) is 27.5. The van der Waals surface area contributed by atoms with Crippen LogP contribution in [0.3, 0.4) is 0 Å². The summed E-state index contributed by atoms with van der Waals surface area (Å²) in [6.45, 7) is 13.0. The Bertz CT molecular complexity index is 1440. The summed E-state index contributed by atoms with van der Waals surface area (Å²) in [4.78, 5) is 41.9. The molecule has 0 aliphatic heterocycles. The van der Waals surface area contributed by atoms with Crippen LogP contribution in [0.5, 0.6) is 5.75 Å². The molecule has 4 rings (SSSR count). The van der Waals surface area contributed by atoms with Gasteiger partial charge in [-0.1, -0.05) is 88.4 Å². The molecule has 234 valence electrons. The molecule has 3 aromatic carbocycles. The topological polar surface area (TPSA) is 60.4 Å². The predicted octanol–water partition coefficient (Wildman–Crippen LogP) is 8.98. The van der Waals surface area contributed by atoms with Crippen LogP contribution < -0.4 is 4.74 Å². The van der Waals surface area contributed by atoms with Gasteiger partial charge in [0.1, 0.15) is 17.3 Å². The van der Waals surface area contributed by atoms with Gasteiger partial charge >= 0.3 is 0 Å². The van der Waals surface area contributed by atoms with Gasteiger partial charge in [0.05, 0.1) is 6.61 Å². The molecule has 0 bridgehead atoms. The van der Waals surface area contributed by atoms with Crippen molar-refractivity contribution >= 4 is 17.3 Å². The second-order valence-electron chi connectivity index (χ2n) is 13.6.